The van der Waals surface area contributed by atoms with E-state index in [-0.39, 0.29) is 23.7 Å². The van der Waals surface area contributed by atoms with E-state index in [1.807, 2.05) is 31.2 Å². The third-order valence-electron chi connectivity index (χ3n) is 3.55. The van der Waals surface area contributed by atoms with E-state index in [0.29, 0.717) is 11.3 Å². The van der Waals surface area contributed by atoms with Crippen molar-refractivity contribution in [1.29, 1.82) is 0 Å². The Morgan fingerprint density at radius 3 is 2.12 bits per heavy atom. The third kappa shape index (κ3) is 5.77. The summed E-state index contributed by atoms with van der Waals surface area (Å²) in [4.78, 5) is 23.7. The Hall–Kier alpha value is -3.14. The molecule has 1 N–H and O–H groups in total. The van der Waals surface area contributed by atoms with Gasteiger partial charge in [0.2, 0.25) is 0 Å². The molecule has 0 unspecified atom stereocenters. The standard InChI is InChI=1S/C21H20O4/c1-15-3-5-16(6-4-15)7-10-18(22)14-19(23)11-8-17-9-12-20(24)21(13-17)25-2/h3-13,24H,14H2,1-2H3. The number of ether oxygens (including phenoxy) is 1. The Bertz CT molecular complexity index is 814. The molecule has 25 heavy (non-hydrogen) atoms. The molecule has 0 amide bonds. The Morgan fingerprint density at radius 1 is 0.960 bits per heavy atom. The van der Waals surface area contributed by atoms with Gasteiger partial charge in [0.05, 0.1) is 13.5 Å². The highest BCUT2D eigenvalue weighted by molar-refractivity contribution is 6.10. The molecular formula is C21H20O4. The van der Waals surface area contributed by atoms with Crippen molar-refractivity contribution < 1.29 is 19.4 Å². The maximum absolute atomic E-state index is 11.9. The summed E-state index contributed by atoms with van der Waals surface area (Å²) < 4.78 is 5.01. The number of aryl methyl sites for hydroxylation is 1. The molecule has 2 aromatic carbocycles. The lowest BCUT2D eigenvalue weighted by Crippen LogP contribution is -2.01. The van der Waals surface area contributed by atoms with Gasteiger partial charge in [-0.2, -0.15) is 0 Å². The first kappa shape index (κ1) is 18.2. The number of ketones is 2. The number of methoxy groups -OCH3 is 1. The zero-order chi connectivity index (χ0) is 18.2. The molecule has 128 valence electrons. The smallest absolute Gasteiger partial charge is 0.163 e. The largest absolute Gasteiger partial charge is 0.504 e. The molecular weight excluding hydrogens is 316 g/mol. The normalized spacial score (nSPS) is 11.1. The van der Waals surface area contributed by atoms with Gasteiger partial charge in [0.25, 0.3) is 0 Å². The van der Waals surface area contributed by atoms with E-state index in [0.717, 1.165) is 11.1 Å². The third-order valence-corrected chi connectivity index (χ3v) is 3.55. The zero-order valence-electron chi connectivity index (χ0n) is 14.2. The van der Waals surface area contributed by atoms with Crippen LogP contribution in [0.5, 0.6) is 11.5 Å². The van der Waals surface area contributed by atoms with Gasteiger partial charge in [-0.15, -0.1) is 0 Å². The highest BCUT2D eigenvalue weighted by Gasteiger charge is 2.05. The second-order valence-corrected chi connectivity index (χ2v) is 5.62. The van der Waals surface area contributed by atoms with Gasteiger partial charge in [0.15, 0.2) is 23.1 Å². The van der Waals surface area contributed by atoms with Crippen LogP contribution in [0.15, 0.2) is 54.6 Å². The minimum atomic E-state index is -0.286. The van der Waals surface area contributed by atoms with E-state index in [4.69, 9.17) is 4.74 Å². The highest BCUT2D eigenvalue weighted by Crippen LogP contribution is 2.26. The van der Waals surface area contributed by atoms with Crippen molar-refractivity contribution in [3.63, 3.8) is 0 Å². The summed E-state index contributed by atoms with van der Waals surface area (Å²) in [5.74, 6) is -0.182. The molecule has 0 aliphatic rings. The van der Waals surface area contributed by atoms with Gasteiger partial charge >= 0.3 is 0 Å². The molecule has 4 heteroatoms. The molecule has 0 saturated heterocycles. The molecule has 0 aromatic heterocycles. The molecule has 0 bridgehead atoms. The number of carbonyl (C=O) groups excluding carboxylic acids is 2. The summed E-state index contributed by atoms with van der Waals surface area (Å²) in [6, 6.07) is 12.5. The van der Waals surface area contributed by atoms with E-state index >= 15 is 0 Å². The highest BCUT2D eigenvalue weighted by atomic mass is 16.5. The summed E-state index contributed by atoms with van der Waals surface area (Å²) in [7, 11) is 1.45. The predicted octanol–water partition coefficient (Wildman–Crippen LogP) is 3.96. The quantitative estimate of drug-likeness (QED) is 0.614. The Morgan fingerprint density at radius 2 is 1.52 bits per heavy atom. The van der Waals surface area contributed by atoms with Crippen LogP contribution in [-0.2, 0) is 9.59 Å². The van der Waals surface area contributed by atoms with E-state index < -0.39 is 0 Å². The van der Waals surface area contributed by atoms with Crippen LogP contribution in [0.3, 0.4) is 0 Å². The lowest BCUT2D eigenvalue weighted by molar-refractivity contribution is -0.121. The van der Waals surface area contributed by atoms with Crippen molar-refractivity contribution in [3.8, 4) is 11.5 Å². The van der Waals surface area contributed by atoms with Gasteiger partial charge in [0, 0.05) is 0 Å². The van der Waals surface area contributed by atoms with Gasteiger partial charge in [-0.3, -0.25) is 9.59 Å². The van der Waals surface area contributed by atoms with Crippen molar-refractivity contribution >= 4 is 23.7 Å². The fourth-order valence-electron chi connectivity index (χ4n) is 2.14. The van der Waals surface area contributed by atoms with E-state index in [1.54, 1.807) is 24.3 Å². The van der Waals surface area contributed by atoms with Crippen LogP contribution in [0, 0.1) is 6.92 Å². The van der Waals surface area contributed by atoms with Crippen LogP contribution in [-0.4, -0.2) is 23.8 Å². The minimum Gasteiger partial charge on any atom is -0.504 e. The van der Waals surface area contributed by atoms with Gasteiger partial charge in [-0.1, -0.05) is 48.0 Å². The van der Waals surface area contributed by atoms with Crippen molar-refractivity contribution in [2.75, 3.05) is 7.11 Å². The van der Waals surface area contributed by atoms with Crippen molar-refractivity contribution in [3.05, 3.63) is 71.3 Å². The van der Waals surface area contributed by atoms with Crippen molar-refractivity contribution in [2.45, 2.75) is 13.3 Å². The molecule has 0 aliphatic carbocycles. The first-order chi connectivity index (χ1) is 12.0. The summed E-state index contributed by atoms with van der Waals surface area (Å²) in [5.41, 5.74) is 2.76. The average Bonchev–Trinajstić information content (AvgIpc) is 2.60. The van der Waals surface area contributed by atoms with Gasteiger partial charge < -0.3 is 9.84 Å². The van der Waals surface area contributed by atoms with E-state index in [2.05, 4.69) is 0 Å². The molecule has 0 radical (unpaired) electrons. The van der Waals surface area contributed by atoms with E-state index in [1.165, 1.54) is 25.3 Å². The van der Waals surface area contributed by atoms with Gasteiger partial charge in [0.1, 0.15) is 0 Å². The molecule has 0 aliphatic heterocycles. The first-order valence-electron chi connectivity index (χ1n) is 7.83. The SMILES string of the molecule is COc1cc(C=CC(=O)CC(=O)C=Cc2ccc(C)cc2)ccc1O. The average molecular weight is 336 g/mol. The molecule has 0 fully saturated rings. The van der Waals surface area contributed by atoms with Crippen LogP contribution in [0.4, 0.5) is 0 Å². The van der Waals surface area contributed by atoms with Crippen LogP contribution >= 0.6 is 0 Å². The second-order valence-electron chi connectivity index (χ2n) is 5.62. The van der Waals surface area contributed by atoms with Crippen LogP contribution in [0.1, 0.15) is 23.1 Å². The molecule has 2 rings (SSSR count). The summed E-state index contributed by atoms with van der Waals surface area (Å²) in [6.07, 6.45) is 5.86. The van der Waals surface area contributed by atoms with Crippen LogP contribution in [0.25, 0.3) is 12.2 Å². The number of allylic oxidation sites excluding steroid dienone is 2. The zero-order valence-corrected chi connectivity index (χ0v) is 14.2. The Labute approximate surface area is 147 Å². The molecule has 0 heterocycles. The van der Waals surface area contributed by atoms with Crippen molar-refractivity contribution in [1.82, 2.24) is 0 Å². The molecule has 0 saturated carbocycles. The topological polar surface area (TPSA) is 63.6 Å². The number of benzene rings is 2. The summed E-state index contributed by atoms with van der Waals surface area (Å²) in [5, 5.41) is 9.53. The lowest BCUT2D eigenvalue weighted by Gasteiger charge is -2.03. The van der Waals surface area contributed by atoms with Crippen molar-refractivity contribution in [2.24, 2.45) is 0 Å². The van der Waals surface area contributed by atoms with Gasteiger partial charge in [-0.25, -0.2) is 0 Å². The van der Waals surface area contributed by atoms with Crippen LogP contribution < -0.4 is 4.74 Å². The number of rotatable bonds is 7. The summed E-state index contributed by atoms with van der Waals surface area (Å²) in [6.45, 7) is 1.99. The molecule has 0 spiro atoms. The first-order valence-corrected chi connectivity index (χ1v) is 7.83. The number of hydrogen-bond acceptors (Lipinski definition) is 4. The maximum atomic E-state index is 11.9. The maximum Gasteiger partial charge on any atom is 0.163 e. The molecule has 4 nitrogen and oxygen atoms in total. The fourth-order valence-corrected chi connectivity index (χ4v) is 2.14. The Balaban J connectivity index is 1.92. The number of phenolic OH excluding ortho intramolecular Hbond substituents is 1. The lowest BCUT2D eigenvalue weighted by atomic mass is 10.1. The molecule has 2 aromatic rings. The van der Waals surface area contributed by atoms with Gasteiger partial charge in [-0.05, 0) is 42.3 Å². The van der Waals surface area contributed by atoms with E-state index in [9.17, 15) is 14.7 Å². The van der Waals surface area contributed by atoms with Crippen LogP contribution in [0.2, 0.25) is 0 Å². The Kier molecular flexibility index (Phi) is 6.29. The number of hydrogen-bond donors (Lipinski definition) is 1. The molecule has 0 atom stereocenters. The monoisotopic (exact) mass is 336 g/mol. The predicted molar refractivity (Wildman–Crippen MR) is 98.5 cm³/mol. The minimum absolute atomic E-state index is 0.0300. The number of carbonyl (C=O) groups is 2. The summed E-state index contributed by atoms with van der Waals surface area (Å²) >= 11 is 0. The second kappa shape index (κ2) is 8.64. The fraction of sp³-hybridized carbons (Fsp3) is 0.143. The number of phenols is 1. The number of aromatic hydroxyl groups is 1.